The lowest BCUT2D eigenvalue weighted by atomic mass is 10.0. The summed E-state index contributed by atoms with van der Waals surface area (Å²) in [5.74, 6) is 0.0341. The van der Waals surface area contributed by atoms with E-state index in [9.17, 15) is 14.6 Å². The van der Waals surface area contributed by atoms with E-state index in [0.717, 1.165) is 13.0 Å². The molecule has 0 bridgehead atoms. The zero-order valence-electron chi connectivity index (χ0n) is 10.8. The standard InChI is InChI=1S/C14H20FNO2/c1-9-5-6-16(14(9)8-17)13-4-3-11(10(2)18)7-12(13)15/h3-4,7,9-10,14,17-18H,5-6,8H2,1-2H3/t9?,10-,14?/m0/s1. The summed E-state index contributed by atoms with van der Waals surface area (Å²) >= 11 is 0. The Hall–Kier alpha value is -1.13. The van der Waals surface area contributed by atoms with Gasteiger partial charge >= 0.3 is 0 Å². The lowest BCUT2D eigenvalue weighted by Crippen LogP contribution is -2.35. The van der Waals surface area contributed by atoms with Gasteiger partial charge in [0.05, 0.1) is 24.4 Å². The normalized spacial score (nSPS) is 25.5. The highest BCUT2D eigenvalue weighted by Crippen LogP contribution is 2.32. The largest absolute Gasteiger partial charge is 0.394 e. The SMILES string of the molecule is CC1CCN(c2ccc([C@H](C)O)cc2F)C1CO. The van der Waals surface area contributed by atoms with Crippen LogP contribution in [0.1, 0.15) is 31.9 Å². The summed E-state index contributed by atoms with van der Waals surface area (Å²) in [4.78, 5) is 1.92. The third kappa shape index (κ3) is 2.35. The molecule has 1 heterocycles. The van der Waals surface area contributed by atoms with Crippen LogP contribution in [0.2, 0.25) is 0 Å². The first-order valence-corrected chi connectivity index (χ1v) is 6.39. The Morgan fingerprint density at radius 1 is 1.50 bits per heavy atom. The lowest BCUT2D eigenvalue weighted by molar-refractivity contribution is 0.199. The minimum absolute atomic E-state index is 0.0168. The van der Waals surface area contributed by atoms with Crippen LogP contribution in [0.15, 0.2) is 18.2 Å². The summed E-state index contributed by atoms with van der Waals surface area (Å²) in [6.45, 7) is 4.49. The van der Waals surface area contributed by atoms with Gasteiger partial charge in [-0.3, -0.25) is 0 Å². The molecule has 1 fully saturated rings. The van der Waals surface area contributed by atoms with Crippen LogP contribution in [-0.4, -0.2) is 29.4 Å². The van der Waals surface area contributed by atoms with Gasteiger partial charge in [0.2, 0.25) is 0 Å². The molecule has 0 amide bonds. The van der Waals surface area contributed by atoms with Crippen LogP contribution in [0.3, 0.4) is 0 Å². The molecule has 18 heavy (non-hydrogen) atoms. The minimum Gasteiger partial charge on any atom is -0.394 e. The third-order valence-electron chi connectivity index (χ3n) is 3.83. The first kappa shape index (κ1) is 13.3. The van der Waals surface area contributed by atoms with Crippen LogP contribution in [0.25, 0.3) is 0 Å². The molecule has 0 aromatic heterocycles. The molecule has 0 radical (unpaired) electrons. The van der Waals surface area contributed by atoms with Gasteiger partial charge < -0.3 is 15.1 Å². The fourth-order valence-corrected chi connectivity index (χ4v) is 2.60. The minimum atomic E-state index is -0.667. The van der Waals surface area contributed by atoms with Gasteiger partial charge in [0.15, 0.2) is 0 Å². The van der Waals surface area contributed by atoms with Crippen LogP contribution in [0.4, 0.5) is 10.1 Å². The highest BCUT2D eigenvalue weighted by atomic mass is 19.1. The van der Waals surface area contributed by atoms with Crippen LogP contribution in [0, 0.1) is 11.7 Å². The Morgan fingerprint density at radius 2 is 2.22 bits per heavy atom. The molecule has 1 aromatic rings. The quantitative estimate of drug-likeness (QED) is 0.867. The van der Waals surface area contributed by atoms with E-state index in [1.165, 1.54) is 6.07 Å². The second kappa shape index (κ2) is 5.24. The molecule has 3 nitrogen and oxygen atoms in total. The average molecular weight is 253 g/mol. The zero-order chi connectivity index (χ0) is 13.3. The third-order valence-corrected chi connectivity index (χ3v) is 3.83. The fourth-order valence-electron chi connectivity index (χ4n) is 2.60. The molecular weight excluding hydrogens is 233 g/mol. The first-order valence-electron chi connectivity index (χ1n) is 6.39. The Balaban J connectivity index is 2.28. The molecule has 1 aromatic carbocycles. The van der Waals surface area contributed by atoms with Crippen molar-refractivity contribution in [1.82, 2.24) is 0 Å². The number of aliphatic hydroxyl groups is 2. The fraction of sp³-hybridized carbons (Fsp3) is 0.571. The average Bonchev–Trinajstić information content (AvgIpc) is 2.70. The molecule has 2 N–H and O–H groups in total. The lowest BCUT2D eigenvalue weighted by Gasteiger charge is -2.28. The molecule has 0 saturated carbocycles. The van der Waals surface area contributed by atoms with Crippen molar-refractivity contribution in [3.8, 4) is 0 Å². The van der Waals surface area contributed by atoms with Crippen molar-refractivity contribution in [3.05, 3.63) is 29.6 Å². The van der Waals surface area contributed by atoms with Gasteiger partial charge in [0, 0.05) is 6.54 Å². The highest BCUT2D eigenvalue weighted by molar-refractivity contribution is 5.51. The van der Waals surface area contributed by atoms with E-state index in [-0.39, 0.29) is 18.5 Å². The van der Waals surface area contributed by atoms with Gasteiger partial charge in [-0.25, -0.2) is 4.39 Å². The Kier molecular flexibility index (Phi) is 3.88. The number of nitrogens with zero attached hydrogens (tertiary/aromatic N) is 1. The van der Waals surface area contributed by atoms with Gasteiger partial charge in [0.25, 0.3) is 0 Å². The van der Waals surface area contributed by atoms with Gasteiger partial charge in [0.1, 0.15) is 5.82 Å². The van der Waals surface area contributed by atoms with Crippen LogP contribution >= 0.6 is 0 Å². The van der Waals surface area contributed by atoms with Crippen molar-refractivity contribution in [3.63, 3.8) is 0 Å². The molecule has 0 spiro atoms. The zero-order valence-corrected chi connectivity index (χ0v) is 10.8. The number of hydrogen-bond acceptors (Lipinski definition) is 3. The van der Waals surface area contributed by atoms with Crippen molar-refractivity contribution >= 4 is 5.69 Å². The van der Waals surface area contributed by atoms with Crippen LogP contribution in [0.5, 0.6) is 0 Å². The summed E-state index contributed by atoms with van der Waals surface area (Å²) in [5.41, 5.74) is 1.09. The summed E-state index contributed by atoms with van der Waals surface area (Å²) in [5, 5.41) is 18.8. The smallest absolute Gasteiger partial charge is 0.146 e. The van der Waals surface area contributed by atoms with Crippen LogP contribution < -0.4 is 4.90 Å². The van der Waals surface area contributed by atoms with Gasteiger partial charge in [-0.05, 0) is 37.0 Å². The predicted molar refractivity (Wildman–Crippen MR) is 69.0 cm³/mol. The van der Waals surface area contributed by atoms with E-state index in [2.05, 4.69) is 6.92 Å². The van der Waals surface area contributed by atoms with E-state index >= 15 is 0 Å². The molecule has 2 unspecified atom stereocenters. The van der Waals surface area contributed by atoms with Crippen molar-refractivity contribution in [2.24, 2.45) is 5.92 Å². The van der Waals surface area contributed by atoms with Crippen molar-refractivity contribution in [1.29, 1.82) is 0 Å². The number of rotatable bonds is 3. The molecule has 1 aliphatic rings. The molecule has 1 saturated heterocycles. The molecule has 4 heteroatoms. The van der Waals surface area contributed by atoms with E-state index < -0.39 is 6.10 Å². The van der Waals surface area contributed by atoms with E-state index in [1.807, 2.05) is 4.90 Å². The monoisotopic (exact) mass is 253 g/mol. The maximum Gasteiger partial charge on any atom is 0.146 e. The molecular formula is C14H20FNO2. The second-order valence-corrected chi connectivity index (χ2v) is 5.10. The van der Waals surface area contributed by atoms with Crippen molar-refractivity contribution < 1.29 is 14.6 Å². The number of anilines is 1. The molecule has 1 aliphatic heterocycles. The van der Waals surface area contributed by atoms with Gasteiger partial charge in [-0.1, -0.05) is 13.0 Å². The van der Waals surface area contributed by atoms with E-state index in [0.29, 0.717) is 17.2 Å². The van der Waals surface area contributed by atoms with Crippen molar-refractivity contribution in [2.75, 3.05) is 18.1 Å². The predicted octanol–water partition coefficient (Wildman–Crippen LogP) is 2.09. The Bertz CT molecular complexity index is 422. The number of benzene rings is 1. The number of aliphatic hydroxyl groups excluding tert-OH is 2. The summed E-state index contributed by atoms with van der Waals surface area (Å²) in [6, 6.07) is 4.78. The Morgan fingerprint density at radius 3 is 2.78 bits per heavy atom. The molecule has 3 atom stereocenters. The summed E-state index contributed by atoms with van der Waals surface area (Å²) < 4.78 is 14.1. The maximum absolute atomic E-state index is 14.1. The summed E-state index contributed by atoms with van der Waals surface area (Å²) in [6.07, 6.45) is 0.294. The number of halogens is 1. The number of hydrogen-bond donors (Lipinski definition) is 2. The molecule has 100 valence electrons. The van der Waals surface area contributed by atoms with E-state index in [4.69, 9.17) is 0 Å². The first-order chi connectivity index (χ1) is 8.54. The summed E-state index contributed by atoms with van der Waals surface area (Å²) in [7, 11) is 0. The second-order valence-electron chi connectivity index (χ2n) is 5.10. The van der Waals surface area contributed by atoms with Gasteiger partial charge in [-0.2, -0.15) is 0 Å². The van der Waals surface area contributed by atoms with Crippen LogP contribution in [-0.2, 0) is 0 Å². The van der Waals surface area contributed by atoms with E-state index in [1.54, 1.807) is 19.1 Å². The molecule has 2 rings (SSSR count). The highest BCUT2D eigenvalue weighted by Gasteiger charge is 2.32. The maximum atomic E-state index is 14.1. The topological polar surface area (TPSA) is 43.7 Å². The molecule has 0 aliphatic carbocycles. The van der Waals surface area contributed by atoms with Gasteiger partial charge in [-0.15, -0.1) is 0 Å². The Labute approximate surface area is 107 Å². The van der Waals surface area contributed by atoms with Crippen molar-refractivity contribution in [2.45, 2.75) is 32.4 Å².